The number of ether oxygens (including phenoxy) is 1. The van der Waals surface area contributed by atoms with E-state index >= 15 is 0 Å². The first-order valence-electron chi connectivity index (χ1n) is 8.75. The maximum Gasteiger partial charge on any atom is 0.303 e. The largest absolute Gasteiger partial charge is 0.489 e. The molecule has 0 heterocycles. The van der Waals surface area contributed by atoms with E-state index in [2.05, 4.69) is 36.4 Å². The molecular weight excluding hydrogens is 324 g/mol. The molecule has 3 rings (SSSR count). The summed E-state index contributed by atoms with van der Waals surface area (Å²) in [4.78, 5) is 10.8. The van der Waals surface area contributed by atoms with Crippen LogP contribution in [0.5, 0.6) is 5.75 Å². The van der Waals surface area contributed by atoms with E-state index in [0.717, 1.165) is 23.3 Å². The van der Waals surface area contributed by atoms with Crippen LogP contribution in [0.2, 0.25) is 0 Å². The highest BCUT2D eigenvalue weighted by Crippen LogP contribution is 2.21. The van der Waals surface area contributed by atoms with Crippen molar-refractivity contribution < 1.29 is 14.6 Å². The van der Waals surface area contributed by atoms with E-state index in [-0.39, 0.29) is 6.42 Å². The third-order valence-electron chi connectivity index (χ3n) is 4.22. The smallest absolute Gasteiger partial charge is 0.303 e. The van der Waals surface area contributed by atoms with E-state index in [1.54, 1.807) is 0 Å². The number of benzene rings is 3. The summed E-state index contributed by atoms with van der Waals surface area (Å²) < 4.78 is 5.97. The Hall–Kier alpha value is -3.07. The molecule has 0 bridgehead atoms. The molecule has 0 aliphatic carbocycles. The fourth-order valence-electron chi connectivity index (χ4n) is 2.91. The second-order valence-electron chi connectivity index (χ2n) is 6.27. The molecule has 0 atom stereocenters. The average molecular weight is 346 g/mol. The number of hydrogen-bond acceptors (Lipinski definition) is 2. The van der Waals surface area contributed by atoms with Gasteiger partial charge in [0, 0.05) is 6.42 Å². The molecule has 0 radical (unpaired) electrons. The van der Waals surface area contributed by atoms with E-state index in [1.165, 1.54) is 11.1 Å². The van der Waals surface area contributed by atoms with Crippen molar-refractivity contribution in [1.29, 1.82) is 0 Å². The highest BCUT2D eigenvalue weighted by molar-refractivity contribution is 5.67. The predicted octanol–water partition coefficient (Wildman–Crippen LogP) is 4.87. The number of hydrogen-bond donors (Lipinski definition) is 1. The van der Waals surface area contributed by atoms with Crippen LogP contribution in [0.15, 0.2) is 78.9 Å². The van der Waals surface area contributed by atoms with E-state index in [9.17, 15) is 4.79 Å². The van der Waals surface area contributed by atoms with Gasteiger partial charge >= 0.3 is 5.97 Å². The average Bonchev–Trinajstić information content (AvgIpc) is 2.66. The fourth-order valence-corrected chi connectivity index (χ4v) is 2.91. The monoisotopic (exact) mass is 346 g/mol. The molecule has 3 heteroatoms. The minimum atomic E-state index is -0.798. The highest BCUT2D eigenvalue weighted by atomic mass is 16.5. The van der Waals surface area contributed by atoms with Gasteiger partial charge in [-0.25, -0.2) is 0 Å². The van der Waals surface area contributed by atoms with Gasteiger partial charge in [0.1, 0.15) is 12.4 Å². The van der Waals surface area contributed by atoms with E-state index < -0.39 is 5.97 Å². The molecule has 0 aliphatic rings. The van der Waals surface area contributed by atoms with Crippen molar-refractivity contribution in [2.45, 2.75) is 25.9 Å². The quantitative estimate of drug-likeness (QED) is 0.633. The van der Waals surface area contributed by atoms with Crippen LogP contribution in [0, 0.1) is 0 Å². The molecule has 0 saturated heterocycles. The van der Waals surface area contributed by atoms with Crippen molar-refractivity contribution >= 4 is 5.97 Å². The normalized spacial score (nSPS) is 10.5. The van der Waals surface area contributed by atoms with E-state index in [4.69, 9.17) is 9.84 Å². The van der Waals surface area contributed by atoms with E-state index in [1.807, 2.05) is 42.5 Å². The molecule has 3 aromatic rings. The first-order chi connectivity index (χ1) is 12.7. The summed E-state index contributed by atoms with van der Waals surface area (Å²) in [6, 6.07) is 26.4. The number of aliphatic carboxylic acids is 1. The maximum atomic E-state index is 10.8. The van der Waals surface area contributed by atoms with Crippen molar-refractivity contribution in [2.75, 3.05) is 0 Å². The second-order valence-corrected chi connectivity index (χ2v) is 6.27. The van der Waals surface area contributed by atoms with Crippen LogP contribution in [0.3, 0.4) is 0 Å². The van der Waals surface area contributed by atoms with Crippen molar-refractivity contribution in [1.82, 2.24) is 0 Å². The maximum absolute atomic E-state index is 10.8. The number of para-hydroxylation sites is 1. The SMILES string of the molecule is O=C(O)CCc1ccccc1OCc1cccc(Cc2ccccc2)c1. The summed E-state index contributed by atoms with van der Waals surface area (Å²) in [5, 5.41) is 8.88. The Morgan fingerprint density at radius 3 is 2.31 bits per heavy atom. The molecule has 3 nitrogen and oxygen atoms in total. The number of carboxylic acids is 1. The van der Waals surface area contributed by atoms with Crippen LogP contribution in [0.1, 0.15) is 28.7 Å². The number of aryl methyl sites for hydroxylation is 1. The first-order valence-corrected chi connectivity index (χ1v) is 8.75. The zero-order valence-corrected chi connectivity index (χ0v) is 14.6. The van der Waals surface area contributed by atoms with E-state index in [0.29, 0.717) is 13.0 Å². The molecule has 3 aromatic carbocycles. The van der Waals surface area contributed by atoms with Gasteiger partial charge in [0.15, 0.2) is 0 Å². The zero-order chi connectivity index (χ0) is 18.2. The van der Waals surface area contributed by atoms with Crippen molar-refractivity contribution in [3.05, 3.63) is 101 Å². The van der Waals surface area contributed by atoms with Crippen molar-refractivity contribution in [2.24, 2.45) is 0 Å². The summed E-state index contributed by atoms with van der Waals surface area (Å²) in [5.74, 6) is -0.0457. The third kappa shape index (κ3) is 5.21. The third-order valence-corrected chi connectivity index (χ3v) is 4.22. The van der Waals surface area contributed by atoms with Gasteiger partial charge < -0.3 is 9.84 Å². The van der Waals surface area contributed by atoms with Gasteiger partial charge in [-0.05, 0) is 41.2 Å². The van der Waals surface area contributed by atoms with Gasteiger partial charge in [-0.15, -0.1) is 0 Å². The van der Waals surface area contributed by atoms with Gasteiger partial charge in [-0.3, -0.25) is 4.79 Å². The lowest BCUT2D eigenvalue weighted by atomic mass is 10.0. The van der Waals surface area contributed by atoms with Gasteiger partial charge in [0.05, 0.1) is 0 Å². The van der Waals surface area contributed by atoms with Gasteiger partial charge in [-0.2, -0.15) is 0 Å². The van der Waals surface area contributed by atoms with Crippen LogP contribution < -0.4 is 4.74 Å². The Labute approximate surface area is 153 Å². The molecule has 0 amide bonds. The minimum absolute atomic E-state index is 0.104. The summed E-state index contributed by atoms with van der Waals surface area (Å²) in [5.41, 5.74) is 4.56. The van der Waals surface area contributed by atoms with Crippen LogP contribution in [0.25, 0.3) is 0 Å². The number of carbonyl (C=O) groups is 1. The highest BCUT2D eigenvalue weighted by Gasteiger charge is 2.06. The number of carboxylic acid groups (broad SMARTS) is 1. The minimum Gasteiger partial charge on any atom is -0.489 e. The Morgan fingerprint density at radius 1 is 0.808 bits per heavy atom. The molecule has 0 fully saturated rings. The fraction of sp³-hybridized carbons (Fsp3) is 0.174. The first kappa shape index (κ1) is 17.7. The topological polar surface area (TPSA) is 46.5 Å². The molecule has 0 saturated carbocycles. The number of rotatable bonds is 8. The Morgan fingerprint density at radius 2 is 1.50 bits per heavy atom. The summed E-state index contributed by atoms with van der Waals surface area (Å²) in [7, 11) is 0. The van der Waals surface area contributed by atoms with Crippen molar-refractivity contribution in [3.8, 4) is 5.75 Å². The Kier molecular flexibility index (Phi) is 6.05. The molecule has 0 aromatic heterocycles. The lowest BCUT2D eigenvalue weighted by Gasteiger charge is -2.12. The van der Waals surface area contributed by atoms with Gasteiger partial charge in [0.25, 0.3) is 0 Å². The molecule has 0 aliphatic heterocycles. The Bertz CT molecular complexity index is 856. The Balaban J connectivity index is 1.65. The summed E-state index contributed by atoms with van der Waals surface area (Å²) in [6.07, 6.45) is 1.47. The lowest BCUT2D eigenvalue weighted by molar-refractivity contribution is -0.136. The van der Waals surface area contributed by atoms with Crippen LogP contribution in [-0.4, -0.2) is 11.1 Å². The van der Waals surface area contributed by atoms with Crippen LogP contribution >= 0.6 is 0 Å². The molecule has 0 spiro atoms. The van der Waals surface area contributed by atoms with Crippen LogP contribution in [0.4, 0.5) is 0 Å². The molecular formula is C23H22O3. The second kappa shape index (κ2) is 8.86. The molecule has 1 N–H and O–H groups in total. The predicted molar refractivity (Wildman–Crippen MR) is 102 cm³/mol. The standard InChI is InChI=1S/C23H22O3/c24-23(25)14-13-21-11-4-5-12-22(21)26-17-20-10-6-9-19(16-20)15-18-7-2-1-3-8-18/h1-12,16H,13-15,17H2,(H,24,25). The van der Waals surface area contributed by atoms with Crippen LogP contribution in [-0.2, 0) is 24.2 Å². The molecule has 0 unspecified atom stereocenters. The van der Waals surface area contributed by atoms with Gasteiger partial charge in [-0.1, -0.05) is 72.8 Å². The lowest BCUT2D eigenvalue weighted by Crippen LogP contribution is -2.02. The van der Waals surface area contributed by atoms with Gasteiger partial charge in [0.2, 0.25) is 0 Å². The van der Waals surface area contributed by atoms with Crippen molar-refractivity contribution in [3.63, 3.8) is 0 Å². The zero-order valence-electron chi connectivity index (χ0n) is 14.6. The summed E-state index contributed by atoms with van der Waals surface area (Å²) in [6.45, 7) is 0.465. The molecule has 132 valence electrons. The summed E-state index contributed by atoms with van der Waals surface area (Å²) >= 11 is 0. The molecule has 26 heavy (non-hydrogen) atoms.